The molecule has 7 aliphatic rings. The third-order valence-electron chi connectivity index (χ3n) is 11.6. The molecule has 1 aromatic rings. The van der Waals surface area contributed by atoms with E-state index in [0.717, 1.165) is 36.8 Å². The van der Waals surface area contributed by atoms with Crippen molar-refractivity contribution in [1.29, 1.82) is 0 Å². The van der Waals surface area contributed by atoms with Crippen LogP contribution in [0.2, 0.25) is 0 Å². The van der Waals surface area contributed by atoms with Crippen molar-refractivity contribution in [3.8, 4) is 0 Å². The third-order valence-corrected chi connectivity index (χ3v) is 12.1. The molecular weight excluding hydrogens is 506 g/mol. The van der Waals surface area contributed by atoms with Gasteiger partial charge in [-0.15, -0.1) is 0 Å². The number of benzene rings is 1. The number of β-amino-alcohol motifs (C(OH)–C–C–N with tert-alkyl or cyclic N) is 1. The van der Waals surface area contributed by atoms with E-state index in [-0.39, 0.29) is 35.4 Å². The van der Waals surface area contributed by atoms with Gasteiger partial charge in [-0.1, -0.05) is 29.3 Å². The molecule has 1 aromatic carbocycles. The lowest BCUT2D eigenvalue weighted by atomic mass is 9.60. The molecule has 1 aliphatic carbocycles. The predicted molar refractivity (Wildman–Crippen MR) is 139 cm³/mol. The van der Waals surface area contributed by atoms with Gasteiger partial charge in [0.25, 0.3) is 0 Å². The number of anilines is 1. The molecule has 5 saturated heterocycles. The van der Waals surface area contributed by atoms with E-state index in [9.17, 15) is 15.3 Å². The summed E-state index contributed by atoms with van der Waals surface area (Å²) in [5.41, 5.74) is 2.25. The number of piperidine rings is 5. The van der Waals surface area contributed by atoms with Crippen LogP contribution in [0.1, 0.15) is 51.0 Å². The van der Waals surface area contributed by atoms with Crippen LogP contribution in [0.25, 0.3) is 0 Å². The van der Waals surface area contributed by atoms with Crippen LogP contribution in [0.5, 0.6) is 0 Å². The van der Waals surface area contributed by atoms with Gasteiger partial charge in [0, 0.05) is 48.4 Å². The Balaban J connectivity index is 1.33. The topological polar surface area (TPSA) is 67.2 Å². The number of rotatable bonds is 5. The van der Waals surface area contributed by atoms with Crippen molar-refractivity contribution < 1.29 is 19.8 Å². The molecule has 6 fully saturated rings. The van der Waals surface area contributed by atoms with Crippen LogP contribution in [-0.2, 0) is 5.41 Å². The Labute approximate surface area is 217 Å². The molecule has 1 saturated carbocycles. The summed E-state index contributed by atoms with van der Waals surface area (Å²) in [5, 5.41) is 35.9. The summed E-state index contributed by atoms with van der Waals surface area (Å²) in [4.78, 5) is 4.85. The lowest BCUT2D eigenvalue weighted by molar-refractivity contribution is -1.04. The van der Waals surface area contributed by atoms with Gasteiger partial charge >= 0.3 is 0 Å². The minimum Gasteiger partial charge on any atom is -0.392 e. The van der Waals surface area contributed by atoms with Crippen molar-refractivity contribution in [2.75, 3.05) is 38.1 Å². The number of nitrogens with zero attached hydrogens (tertiary/aromatic N) is 3. The molecule has 35 heavy (non-hydrogen) atoms. The summed E-state index contributed by atoms with van der Waals surface area (Å²) in [6.07, 6.45) is 5.33. The first kappa shape index (κ1) is 23.4. The SMILES string of the molecule is CC[C@@H]1[C@@H]2C[C@H]3[C@@H]4N(C)c5ccc(Br)cc5[C@]45C[C@@H]([C@H]2[C@H]5O)[N+]3(CC(O)CN2CCCCC2)[C@H]1O. The zero-order valence-electron chi connectivity index (χ0n) is 21.1. The van der Waals surface area contributed by atoms with Crippen LogP contribution in [0, 0.1) is 17.8 Å². The Morgan fingerprint density at radius 1 is 1.17 bits per heavy atom. The van der Waals surface area contributed by atoms with Gasteiger partial charge in [-0.3, -0.25) is 4.48 Å². The van der Waals surface area contributed by atoms with E-state index in [0.29, 0.717) is 23.5 Å². The van der Waals surface area contributed by atoms with E-state index in [1.54, 1.807) is 0 Å². The van der Waals surface area contributed by atoms with E-state index in [1.165, 1.54) is 30.5 Å². The van der Waals surface area contributed by atoms with Gasteiger partial charge in [0.1, 0.15) is 18.7 Å². The highest BCUT2D eigenvalue weighted by molar-refractivity contribution is 9.10. The van der Waals surface area contributed by atoms with Crippen molar-refractivity contribution >= 4 is 21.6 Å². The van der Waals surface area contributed by atoms with Crippen molar-refractivity contribution in [1.82, 2.24) is 4.90 Å². The molecular formula is C28H41BrN3O3+. The van der Waals surface area contributed by atoms with Crippen molar-refractivity contribution in [2.24, 2.45) is 17.8 Å². The van der Waals surface area contributed by atoms with Crippen LogP contribution < -0.4 is 4.90 Å². The van der Waals surface area contributed by atoms with E-state index in [2.05, 4.69) is 57.9 Å². The molecule has 192 valence electrons. The summed E-state index contributed by atoms with van der Waals surface area (Å²) in [6.45, 7) is 5.67. The zero-order valence-corrected chi connectivity index (χ0v) is 22.6. The summed E-state index contributed by atoms with van der Waals surface area (Å²) < 4.78 is 1.68. The van der Waals surface area contributed by atoms with Gasteiger partial charge in [0.2, 0.25) is 0 Å². The first-order valence-electron chi connectivity index (χ1n) is 14.0. The number of hydrogen-bond acceptors (Lipinski definition) is 5. The van der Waals surface area contributed by atoms with Crippen molar-refractivity contribution in [2.45, 2.75) is 87.4 Å². The second kappa shape index (κ2) is 7.90. The number of fused-ring (bicyclic) bond motifs is 2. The molecule has 6 nitrogen and oxygen atoms in total. The van der Waals surface area contributed by atoms with E-state index in [4.69, 9.17) is 0 Å². The molecule has 7 heteroatoms. The fourth-order valence-electron chi connectivity index (χ4n) is 10.6. The Morgan fingerprint density at radius 3 is 2.69 bits per heavy atom. The van der Waals surface area contributed by atoms with E-state index >= 15 is 0 Å². The molecule has 6 heterocycles. The van der Waals surface area contributed by atoms with Crippen LogP contribution in [0.15, 0.2) is 22.7 Å². The van der Waals surface area contributed by atoms with Gasteiger partial charge in [-0.25, -0.2) is 0 Å². The predicted octanol–water partition coefficient (Wildman–Crippen LogP) is 2.68. The average molecular weight is 548 g/mol. The van der Waals surface area contributed by atoms with Gasteiger partial charge in [0.05, 0.1) is 23.6 Å². The Hall–Kier alpha value is -0.700. The first-order valence-corrected chi connectivity index (χ1v) is 14.8. The molecule has 0 aromatic heterocycles. The summed E-state index contributed by atoms with van der Waals surface area (Å²) in [7, 11) is 2.20. The second-order valence-corrected chi connectivity index (χ2v) is 13.6. The average Bonchev–Trinajstić information content (AvgIpc) is 3.22. The second-order valence-electron chi connectivity index (χ2n) is 12.7. The Bertz CT molecular complexity index is 1020. The molecule has 3 N–H and O–H groups in total. The lowest BCUT2D eigenvalue weighted by Crippen LogP contribution is -2.84. The minimum absolute atomic E-state index is 0.155. The molecule has 8 rings (SSSR count). The number of aliphatic hydroxyl groups excluding tert-OH is 3. The standard InChI is InChI=1S/C28H41BrN3O3/c1-3-18-19-12-22-25-28(20-11-16(29)7-8-21(20)30(25)2)13-23(24(19)26(28)34)32(22,27(18)35)15-17(33)14-31-9-5-4-6-10-31/h7-8,11,17-19,22-27,33-35H,3-6,9-10,12-15H2,1-2H3/q+1/t17?,18-,19+,22+,23+,24+,25+,26-,27+,28-,32?/m1/s1. The van der Waals surface area contributed by atoms with E-state index in [1.807, 2.05) is 0 Å². The maximum Gasteiger partial charge on any atom is 0.194 e. The molecule has 0 radical (unpaired) electrons. The van der Waals surface area contributed by atoms with Crippen LogP contribution in [0.3, 0.4) is 0 Å². The van der Waals surface area contributed by atoms with Crippen LogP contribution >= 0.6 is 15.9 Å². The number of quaternary nitrogens is 1. The van der Waals surface area contributed by atoms with Crippen LogP contribution in [0.4, 0.5) is 5.69 Å². The Kier molecular flexibility index (Phi) is 5.29. The number of halogens is 1. The van der Waals surface area contributed by atoms with E-state index < -0.39 is 18.4 Å². The highest BCUT2D eigenvalue weighted by atomic mass is 79.9. The van der Waals surface area contributed by atoms with Gasteiger partial charge in [0.15, 0.2) is 6.23 Å². The van der Waals surface area contributed by atoms with Gasteiger partial charge < -0.3 is 25.1 Å². The lowest BCUT2D eigenvalue weighted by Gasteiger charge is -2.68. The van der Waals surface area contributed by atoms with Gasteiger partial charge in [-0.2, -0.15) is 0 Å². The van der Waals surface area contributed by atoms with Crippen molar-refractivity contribution in [3.05, 3.63) is 28.2 Å². The summed E-state index contributed by atoms with van der Waals surface area (Å²) in [6, 6.07) is 7.18. The van der Waals surface area contributed by atoms with Gasteiger partial charge in [-0.05, 0) is 62.0 Å². The number of likely N-dealkylation sites (N-methyl/N-ethyl adjacent to an activating group) is 1. The first-order chi connectivity index (χ1) is 16.8. The fourth-order valence-corrected chi connectivity index (χ4v) is 11.0. The highest BCUT2D eigenvalue weighted by Crippen LogP contribution is 2.71. The highest BCUT2D eigenvalue weighted by Gasteiger charge is 2.83. The molecule has 0 amide bonds. The third kappa shape index (κ3) is 2.78. The number of likely N-dealkylation sites (tertiary alicyclic amines) is 1. The Morgan fingerprint density at radius 2 is 1.94 bits per heavy atom. The zero-order chi connectivity index (χ0) is 24.3. The monoisotopic (exact) mass is 546 g/mol. The normalized spacial score (nSPS) is 48.3. The van der Waals surface area contributed by atoms with Crippen LogP contribution in [-0.4, -0.2) is 94.5 Å². The molecule has 2 unspecified atom stereocenters. The summed E-state index contributed by atoms with van der Waals surface area (Å²) in [5.74, 6) is 0.768. The maximum atomic E-state index is 12.2. The quantitative estimate of drug-likeness (QED) is 0.495. The maximum absolute atomic E-state index is 12.2. The number of aliphatic hydroxyl groups is 3. The minimum atomic E-state index is -0.452. The summed E-state index contributed by atoms with van der Waals surface area (Å²) >= 11 is 3.71. The number of hydrogen-bond donors (Lipinski definition) is 3. The molecule has 6 aliphatic heterocycles. The molecule has 1 spiro atoms. The molecule has 11 atom stereocenters. The smallest absolute Gasteiger partial charge is 0.194 e. The largest absolute Gasteiger partial charge is 0.392 e. The fraction of sp³-hybridized carbons (Fsp3) is 0.786. The molecule has 5 bridgehead atoms. The van der Waals surface area contributed by atoms with Crippen molar-refractivity contribution in [3.63, 3.8) is 0 Å².